The monoisotopic (exact) mass is 264 g/mol. The summed E-state index contributed by atoms with van der Waals surface area (Å²) >= 11 is 0. The van der Waals surface area contributed by atoms with Crippen LogP contribution in [0.25, 0.3) is 0 Å². The Morgan fingerprint density at radius 3 is 2.37 bits per heavy atom. The molecule has 3 fully saturated rings. The molecule has 0 amide bonds. The van der Waals surface area contributed by atoms with Gasteiger partial charge in [-0.3, -0.25) is 0 Å². The van der Waals surface area contributed by atoms with Gasteiger partial charge in [0.2, 0.25) is 0 Å². The third-order valence-corrected chi connectivity index (χ3v) is 5.24. The molecule has 1 aliphatic heterocycles. The lowest BCUT2D eigenvalue weighted by molar-refractivity contribution is 0.194. The molecule has 1 saturated heterocycles. The van der Waals surface area contributed by atoms with Gasteiger partial charge in [0.25, 0.3) is 0 Å². The van der Waals surface area contributed by atoms with Crippen molar-refractivity contribution in [3.8, 4) is 0 Å². The van der Waals surface area contributed by atoms with E-state index in [1.165, 1.54) is 64.7 Å². The largest absolute Gasteiger partial charge is 0.313 e. The molecule has 0 aromatic heterocycles. The fourth-order valence-corrected chi connectivity index (χ4v) is 4.00. The van der Waals surface area contributed by atoms with Gasteiger partial charge in [-0.05, 0) is 75.3 Å². The van der Waals surface area contributed by atoms with Crippen LogP contribution in [0.3, 0.4) is 0 Å². The van der Waals surface area contributed by atoms with Crippen molar-refractivity contribution in [1.82, 2.24) is 10.2 Å². The molecular formula is C17H32N2. The van der Waals surface area contributed by atoms with Gasteiger partial charge in [0, 0.05) is 19.1 Å². The number of hydrogen-bond donors (Lipinski definition) is 1. The maximum Gasteiger partial charge on any atom is 0.0197 e. The molecule has 0 aromatic rings. The second-order valence-electron chi connectivity index (χ2n) is 7.73. The maximum absolute atomic E-state index is 3.76. The third kappa shape index (κ3) is 4.19. The summed E-state index contributed by atoms with van der Waals surface area (Å²) in [7, 11) is 0. The molecule has 2 aliphatic carbocycles. The van der Waals surface area contributed by atoms with Gasteiger partial charge in [-0.2, -0.15) is 0 Å². The molecule has 2 nitrogen and oxygen atoms in total. The standard InChI is InChI=1S/C17H32N2/c1-13(2)10-16-11-19(9-3-8-18-16)12-17(14-4-5-14)15-6-7-15/h13-18H,3-12H2,1-2H3. The highest BCUT2D eigenvalue weighted by atomic mass is 15.2. The number of rotatable bonds is 6. The van der Waals surface area contributed by atoms with Crippen LogP contribution < -0.4 is 5.32 Å². The van der Waals surface area contributed by atoms with Gasteiger partial charge in [-0.25, -0.2) is 0 Å². The molecule has 0 spiro atoms. The predicted molar refractivity (Wildman–Crippen MR) is 81.2 cm³/mol. The van der Waals surface area contributed by atoms with Gasteiger partial charge in [-0.1, -0.05) is 13.8 Å². The minimum atomic E-state index is 0.738. The van der Waals surface area contributed by atoms with Gasteiger partial charge in [0.05, 0.1) is 0 Å². The average Bonchev–Trinajstić information content (AvgIpc) is 3.20. The highest BCUT2D eigenvalue weighted by Gasteiger charge is 2.42. The van der Waals surface area contributed by atoms with Crippen LogP contribution in [0.1, 0.15) is 52.4 Å². The first-order valence-corrected chi connectivity index (χ1v) is 8.68. The van der Waals surface area contributed by atoms with E-state index in [0.717, 1.165) is 29.7 Å². The van der Waals surface area contributed by atoms with Crippen LogP contribution in [0, 0.1) is 23.7 Å². The molecular weight excluding hydrogens is 232 g/mol. The zero-order valence-electron chi connectivity index (χ0n) is 12.9. The van der Waals surface area contributed by atoms with Crippen LogP contribution in [-0.2, 0) is 0 Å². The molecule has 0 bridgehead atoms. The van der Waals surface area contributed by atoms with Gasteiger partial charge in [-0.15, -0.1) is 0 Å². The van der Waals surface area contributed by atoms with E-state index in [9.17, 15) is 0 Å². The van der Waals surface area contributed by atoms with Gasteiger partial charge in [0.1, 0.15) is 0 Å². The summed E-state index contributed by atoms with van der Waals surface area (Å²) in [6, 6.07) is 0.738. The molecule has 0 aromatic carbocycles. The Labute approximate surface area is 119 Å². The molecule has 110 valence electrons. The van der Waals surface area contributed by atoms with Crippen molar-refractivity contribution >= 4 is 0 Å². The Bertz CT molecular complexity index is 269. The first-order valence-electron chi connectivity index (χ1n) is 8.68. The van der Waals surface area contributed by atoms with E-state index in [1.54, 1.807) is 0 Å². The minimum Gasteiger partial charge on any atom is -0.313 e. The molecule has 0 radical (unpaired) electrons. The van der Waals surface area contributed by atoms with Crippen LogP contribution in [0.4, 0.5) is 0 Å². The lowest BCUT2D eigenvalue weighted by Crippen LogP contribution is -2.41. The van der Waals surface area contributed by atoms with Crippen LogP contribution >= 0.6 is 0 Å². The fourth-order valence-electron chi connectivity index (χ4n) is 4.00. The van der Waals surface area contributed by atoms with Crippen molar-refractivity contribution < 1.29 is 0 Å². The summed E-state index contributed by atoms with van der Waals surface area (Å²) in [5.41, 5.74) is 0. The van der Waals surface area contributed by atoms with E-state index in [2.05, 4.69) is 24.1 Å². The summed E-state index contributed by atoms with van der Waals surface area (Å²) in [4.78, 5) is 2.80. The van der Waals surface area contributed by atoms with E-state index < -0.39 is 0 Å². The van der Waals surface area contributed by atoms with Crippen molar-refractivity contribution in [3.63, 3.8) is 0 Å². The highest BCUT2D eigenvalue weighted by molar-refractivity contribution is 4.93. The molecule has 2 heteroatoms. The number of hydrogen-bond acceptors (Lipinski definition) is 2. The normalized spacial score (nSPS) is 30.0. The predicted octanol–water partition coefficient (Wildman–Crippen LogP) is 3.13. The lowest BCUT2D eigenvalue weighted by atomic mass is 9.96. The summed E-state index contributed by atoms with van der Waals surface area (Å²) in [5, 5.41) is 3.76. The summed E-state index contributed by atoms with van der Waals surface area (Å²) in [5.74, 6) is 4.08. The SMILES string of the molecule is CC(C)CC1CN(CC(C2CC2)C2CC2)CCCN1. The minimum absolute atomic E-state index is 0.738. The summed E-state index contributed by atoms with van der Waals surface area (Å²) in [6.07, 6.45) is 8.81. The topological polar surface area (TPSA) is 15.3 Å². The maximum atomic E-state index is 3.76. The Kier molecular flexibility index (Phi) is 4.48. The van der Waals surface area contributed by atoms with Gasteiger partial charge < -0.3 is 10.2 Å². The molecule has 3 rings (SSSR count). The zero-order valence-corrected chi connectivity index (χ0v) is 12.9. The molecule has 3 aliphatic rings. The quantitative estimate of drug-likeness (QED) is 0.793. The van der Waals surface area contributed by atoms with E-state index in [4.69, 9.17) is 0 Å². The smallest absolute Gasteiger partial charge is 0.0197 e. The van der Waals surface area contributed by atoms with Crippen LogP contribution in [0.2, 0.25) is 0 Å². The van der Waals surface area contributed by atoms with Crippen molar-refractivity contribution in [2.24, 2.45) is 23.7 Å². The van der Waals surface area contributed by atoms with Crippen LogP contribution in [0.5, 0.6) is 0 Å². The van der Waals surface area contributed by atoms with E-state index in [0.29, 0.717) is 0 Å². The van der Waals surface area contributed by atoms with Gasteiger partial charge >= 0.3 is 0 Å². The first-order chi connectivity index (χ1) is 9.22. The van der Waals surface area contributed by atoms with Crippen molar-refractivity contribution in [1.29, 1.82) is 0 Å². The summed E-state index contributed by atoms with van der Waals surface area (Å²) < 4.78 is 0. The Hall–Kier alpha value is -0.0800. The van der Waals surface area contributed by atoms with E-state index in [1.807, 2.05) is 0 Å². The van der Waals surface area contributed by atoms with Crippen LogP contribution in [-0.4, -0.2) is 37.1 Å². The highest BCUT2D eigenvalue weighted by Crippen LogP contribution is 2.49. The third-order valence-electron chi connectivity index (χ3n) is 5.24. The van der Waals surface area contributed by atoms with E-state index >= 15 is 0 Å². The van der Waals surface area contributed by atoms with Crippen molar-refractivity contribution in [3.05, 3.63) is 0 Å². The Morgan fingerprint density at radius 2 is 1.79 bits per heavy atom. The zero-order chi connectivity index (χ0) is 13.2. The lowest BCUT2D eigenvalue weighted by Gasteiger charge is -2.29. The summed E-state index contributed by atoms with van der Waals surface area (Å²) in [6.45, 7) is 9.98. The molecule has 1 heterocycles. The number of nitrogens with zero attached hydrogens (tertiary/aromatic N) is 1. The average molecular weight is 264 g/mol. The molecule has 1 atom stereocenters. The van der Waals surface area contributed by atoms with Crippen molar-refractivity contribution in [2.75, 3.05) is 26.2 Å². The Balaban J connectivity index is 1.52. The van der Waals surface area contributed by atoms with E-state index in [-0.39, 0.29) is 0 Å². The molecule has 1 N–H and O–H groups in total. The van der Waals surface area contributed by atoms with Crippen LogP contribution in [0.15, 0.2) is 0 Å². The second-order valence-corrected chi connectivity index (χ2v) is 7.73. The fraction of sp³-hybridized carbons (Fsp3) is 1.00. The molecule has 1 unspecified atom stereocenters. The molecule has 2 saturated carbocycles. The number of nitrogens with one attached hydrogen (secondary N) is 1. The molecule has 19 heavy (non-hydrogen) atoms. The van der Waals surface area contributed by atoms with Crippen molar-refractivity contribution in [2.45, 2.75) is 58.4 Å². The van der Waals surface area contributed by atoms with Gasteiger partial charge in [0.15, 0.2) is 0 Å². The Morgan fingerprint density at radius 1 is 1.11 bits per heavy atom. The second kappa shape index (κ2) is 6.13. The first kappa shape index (κ1) is 13.9.